The summed E-state index contributed by atoms with van der Waals surface area (Å²) in [6.45, 7) is 3.36. The number of halogens is 1. The van der Waals surface area contributed by atoms with Crippen molar-refractivity contribution in [2.24, 2.45) is 5.73 Å². The van der Waals surface area contributed by atoms with Gasteiger partial charge in [0.1, 0.15) is 15.7 Å². The molecule has 3 aromatic heterocycles. The Bertz CT molecular complexity index is 1580. The number of anilines is 1. The van der Waals surface area contributed by atoms with Crippen LogP contribution in [-0.2, 0) is 15.5 Å². The molecule has 1 unspecified atom stereocenters. The van der Waals surface area contributed by atoms with Crippen LogP contribution >= 0.6 is 0 Å². The predicted molar refractivity (Wildman–Crippen MR) is 150 cm³/mol. The van der Waals surface area contributed by atoms with E-state index in [1.54, 1.807) is 30.6 Å². The molecule has 3 aliphatic rings. The van der Waals surface area contributed by atoms with Gasteiger partial charge in [-0.15, -0.1) is 0 Å². The highest BCUT2D eigenvalue weighted by molar-refractivity contribution is 7.90. The Labute approximate surface area is 227 Å². The van der Waals surface area contributed by atoms with Crippen molar-refractivity contribution in [1.82, 2.24) is 24.8 Å². The number of nitrogens with two attached hydrogens (primary N) is 1. The number of allylic oxidation sites excluding steroid dienone is 3. The van der Waals surface area contributed by atoms with Gasteiger partial charge in [0.25, 0.3) is 0 Å². The van der Waals surface area contributed by atoms with Gasteiger partial charge in [-0.1, -0.05) is 6.08 Å². The number of hydrogen-bond acceptors (Lipinski definition) is 9. The van der Waals surface area contributed by atoms with E-state index < -0.39 is 15.5 Å². The van der Waals surface area contributed by atoms with Crippen molar-refractivity contribution in [3.63, 3.8) is 0 Å². The lowest BCUT2D eigenvalue weighted by Crippen LogP contribution is -2.48. The summed E-state index contributed by atoms with van der Waals surface area (Å²) in [6, 6.07) is 3.58. The summed E-state index contributed by atoms with van der Waals surface area (Å²) in [5, 5.41) is 0.995. The molecule has 1 saturated heterocycles. The summed E-state index contributed by atoms with van der Waals surface area (Å²) >= 11 is 0. The normalized spacial score (nSPS) is 22.3. The van der Waals surface area contributed by atoms with E-state index in [0.29, 0.717) is 42.6 Å². The quantitative estimate of drug-likeness (QED) is 0.474. The first-order chi connectivity index (χ1) is 18.7. The first-order valence-electron chi connectivity index (χ1n) is 13.3. The number of sulfone groups is 1. The van der Waals surface area contributed by atoms with Crippen molar-refractivity contribution in [2.45, 2.75) is 30.8 Å². The van der Waals surface area contributed by atoms with Crippen LogP contribution in [0.4, 0.5) is 10.2 Å². The zero-order valence-electron chi connectivity index (χ0n) is 21.9. The average molecular weight is 550 g/mol. The highest BCUT2D eigenvalue weighted by atomic mass is 32.2. The number of rotatable bonds is 7. The van der Waals surface area contributed by atoms with Crippen LogP contribution in [0, 0.1) is 0 Å². The fraction of sp³-hybridized carbons (Fsp3) is 0.429. The summed E-state index contributed by atoms with van der Waals surface area (Å²) in [5.41, 5.74) is 7.23. The number of pyridine rings is 2. The van der Waals surface area contributed by atoms with Crippen molar-refractivity contribution < 1.29 is 12.8 Å². The van der Waals surface area contributed by atoms with Crippen LogP contribution in [0.3, 0.4) is 0 Å². The fourth-order valence-electron chi connectivity index (χ4n) is 5.34. The molecule has 9 nitrogen and oxygen atoms in total. The molecule has 39 heavy (non-hydrogen) atoms. The summed E-state index contributed by atoms with van der Waals surface area (Å²) < 4.78 is 39.5. The zero-order valence-corrected chi connectivity index (χ0v) is 22.7. The van der Waals surface area contributed by atoms with Gasteiger partial charge in [-0.3, -0.25) is 14.9 Å². The number of alkyl halides is 1. The minimum absolute atomic E-state index is 0.0859. The van der Waals surface area contributed by atoms with E-state index in [2.05, 4.69) is 19.8 Å². The summed E-state index contributed by atoms with van der Waals surface area (Å²) in [4.78, 5) is 23.3. The first kappa shape index (κ1) is 25.8. The second-order valence-electron chi connectivity index (χ2n) is 10.7. The van der Waals surface area contributed by atoms with Crippen molar-refractivity contribution >= 4 is 26.6 Å². The molecule has 1 saturated carbocycles. The lowest BCUT2D eigenvalue weighted by Gasteiger charge is -2.36. The van der Waals surface area contributed by atoms with E-state index in [1.165, 1.54) is 12.3 Å². The highest BCUT2D eigenvalue weighted by Gasteiger charge is 2.36. The molecule has 0 spiro atoms. The van der Waals surface area contributed by atoms with Gasteiger partial charge in [0.15, 0.2) is 11.5 Å². The highest BCUT2D eigenvalue weighted by Crippen LogP contribution is 2.45. The zero-order chi connectivity index (χ0) is 27.2. The molecular weight excluding hydrogens is 517 g/mol. The molecule has 0 amide bonds. The predicted octanol–water partition coefficient (Wildman–Crippen LogP) is 3.10. The van der Waals surface area contributed by atoms with Crippen molar-refractivity contribution in [3.8, 4) is 11.4 Å². The average Bonchev–Trinajstić information content (AvgIpc) is 3.78. The SMILES string of the molecule is CS(=O)(=O)CCN1CCN(c2nc(-c3cccnc3C3(F)C=CC(N)=CC3)nc3cncc(C4CC4)c23)CC1. The Hall–Kier alpha value is -3.44. The van der Waals surface area contributed by atoms with E-state index in [-0.39, 0.29) is 17.9 Å². The lowest BCUT2D eigenvalue weighted by atomic mass is 9.89. The van der Waals surface area contributed by atoms with Crippen LogP contribution < -0.4 is 10.6 Å². The Morgan fingerprint density at radius 3 is 2.64 bits per heavy atom. The third-order valence-electron chi connectivity index (χ3n) is 7.70. The van der Waals surface area contributed by atoms with Crippen LogP contribution in [0.1, 0.15) is 36.4 Å². The molecule has 2 aliphatic carbocycles. The van der Waals surface area contributed by atoms with Crippen LogP contribution in [0.15, 0.2) is 54.6 Å². The number of piperazine rings is 1. The molecule has 0 aromatic carbocycles. The van der Waals surface area contributed by atoms with Crippen LogP contribution in [-0.4, -0.2) is 78.0 Å². The Morgan fingerprint density at radius 2 is 1.95 bits per heavy atom. The van der Waals surface area contributed by atoms with Crippen LogP contribution in [0.25, 0.3) is 22.3 Å². The monoisotopic (exact) mass is 549 g/mol. The Morgan fingerprint density at radius 1 is 1.15 bits per heavy atom. The summed E-state index contributed by atoms with van der Waals surface area (Å²) in [6.07, 6.45) is 13.5. The third kappa shape index (κ3) is 5.38. The van der Waals surface area contributed by atoms with Crippen LogP contribution in [0.5, 0.6) is 0 Å². The summed E-state index contributed by atoms with van der Waals surface area (Å²) in [7, 11) is -3.02. The smallest absolute Gasteiger partial charge is 0.175 e. The number of aromatic nitrogens is 4. The molecular formula is C28H32FN7O2S. The molecule has 11 heteroatoms. The van der Waals surface area contributed by atoms with Gasteiger partial charge in [0, 0.05) is 74.4 Å². The van der Waals surface area contributed by atoms with Crippen molar-refractivity contribution in [1.29, 1.82) is 0 Å². The largest absolute Gasteiger partial charge is 0.399 e. The van der Waals surface area contributed by atoms with Gasteiger partial charge in [-0.25, -0.2) is 22.8 Å². The fourth-order valence-corrected chi connectivity index (χ4v) is 5.93. The molecule has 0 radical (unpaired) electrons. The van der Waals surface area contributed by atoms with Gasteiger partial charge in [-0.05, 0) is 48.6 Å². The van der Waals surface area contributed by atoms with Gasteiger partial charge in [0.05, 0.1) is 23.2 Å². The lowest BCUT2D eigenvalue weighted by molar-refractivity contribution is 0.228. The van der Waals surface area contributed by atoms with E-state index in [9.17, 15) is 8.42 Å². The second kappa shape index (κ2) is 9.95. The van der Waals surface area contributed by atoms with Gasteiger partial charge in [-0.2, -0.15) is 0 Å². The molecule has 3 aromatic rings. The first-order valence-corrected chi connectivity index (χ1v) is 15.4. The van der Waals surface area contributed by atoms with E-state index in [4.69, 9.17) is 15.7 Å². The standard InChI is InChI=1S/C28H32FN7O2S/c1-39(37,38)16-15-35-11-13-36(14-12-35)27-24-22(19-4-5-19)17-31-18-23(24)33-26(34-27)21-3-2-10-32-25(21)28(29)8-6-20(30)7-9-28/h2-3,6-8,10,17-19H,4-5,9,11-16,30H2,1H3. The second-order valence-corrected chi connectivity index (χ2v) is 13.0. The van der Waals surface area contributed by atoms with Crippen LogP contribution in [0.2, 0.25) is 0 Å². The molecule has 2 fully saturated rings. The maximum atomic E-state index is 16.2. The number of hydrogen-bond donors (Lipinski definition) is 1. The maximum absolute atomic E-state index is 16.2. The van der Waals surface area contributed by atoms with Gasteiger partial charge >= 0.3 is 0 Å². The van der Waals surface area contributed by atoms with E-state index in [0.717, 1.165) is 48.2 Å². The maximum Gasteiger partial charge on any atom is 0.175 e. The Balaban J connectivity index is 1.41. The number of fused-ring (bicyclic) bond motifs is 1. The molecule has 4 heterocycles. The topological polar surface area (TPSA) is 118 Å². The van der Waals surface area contributed by atoms with Crippen molar-refractivity contribution in [2.75, 3.05) is 49.6 Å². The minimum Gasteiger partial charge on any atom is -0.399 e. The van der Waals surface area contributed by atoms with Gasteiger partial charge < -0.3 is 10.6 Å². The minimum atomic E-state index is -3.02. The van der Waals surface area contributed by atoms with Crippen molar-refractivity contribution in [3.05, 3.63) is 65.9 Å². The Kier molecular flexibility index (Phi) is 6.58. The molecule has 204 valence electrons. The molecule has 6 rings (SSSR count). The molecule has 1 aliphatic heterocycles. The van der Waals surface area contributed by atoms with E-state index >= 15 is 4.39 Å². The summed E-state index contributed by atoms with van der Waals surface area (Å²) in [5.74, 6) is 1.81. The van der Waals surface area contributed by atoms with Gasteiger partial charge in [0.2, 0.25) is 0 Å². The molecule has 1 atom stereocenters. The third-order valence-corrected chi connectivity index (χ3v) is 8.63. The molecule has 0 bridgehead atoms. The van der Waals surface area contributed by atoms with E-state index in [1.807, 2.05) is 12.3 Å². The number of nitrogens with zero attached hydrogens (tertiary/aromatic N) is 6. The molecule has 2 N–H and O–H groups in total.